The minimum Gasteiger partial charge on any atom is -0.466 e. The van der Waals surface area contributed by atoms with Gasteiger partial charge in [0.2, 0.25) is 0 Å². The fourth-order valence-electron chi connectivity index (χ4n) is 7.18. The highest BCUT2D eigenvalue weighted by Crippen LogP contribution is 2.63. The fraction of sp³-hybridized carbons (Fsp3) is 0.958. The van der Waals surface area contributed by atoms with Crippen LogP contribution in [0.15, 0.2) is 0 Å². The molecule has 0 saturated heterocycles. The zero-order chi connectivity index (χ0) is 19.5. The summed E-state index contributed by atoms with van der Waals surface area (Å²) < 4.78 is 5.14. The number of esters is 1. The first-order valence-corrected chi connectivity index (χ1v) is 11.3. The van der Waals surface area contributed by atoms with Crippen molar-refractivity contribution in [3.63, 3.8) is 0 Å². The van der Waals surface area contributed by atoms with Crippen LogP contribution in [0.25, 0.3) is 0 Å². The predicted molar refractivity (Wildman–Crippen MR) is 110 cm³/mol. The van der Waals surface area contributed by atoms with Gasteiger partial charge in [0.05, 0.1) is 6.61 Å². The molecule has 2 heteroatoms. The van der Waals surface area contributed by atoms with Crippen LogP contribution in [0.2, 0.25) is 0 Å². The molecule has 0 aromatic rings. The van der Waals surface area contributed by atoms with E-state index in [2.05, 4.69) is 41.5 Å². The molecular formula is C24H44O2. The molecule has 2 saturated carbocycles. The Hall–Kier alpha value is -0.530. The summed E-state index contributed by atoms with van der Waals surface area (Å²) in [6.45, 7) is 17.3. The van der Waals surface area contributed by atoms with E-state index in [0.29, 0.717) is 29.8 Å². The van der Waals surface area contributed by atoms with E-state index in [4.69, 9.17) is 4.74 Å². The largest absolute Gasteiger partial charge is 0.466 e. The molecule has 0 N–H and O–H groups in total. The van der Waals surface area contributed by atoms with Gasteiger partial charge in [0.1, 0.15) is 0 Å². The highest BCUT2D eigenvalue weighted by Gasteiger charge is 2.55. The average molecular weight is 365 g/mol. The number of carbonyl (C=O) groups is 1. The van der Waals surface area contributed by atoms with Gasteiger partial charge in [-0.05, 0) is 85.9 Å². The first kappa shape index (κ1) is 21.8. The molecule has 0 amide bonds. The maximum Gasteiger partial charge on any atom is 0.305 e. The number of fused-ring (bicyclic) bond motifs is 1. The normalized spacial score (nSPS) is 35.8. The quantitative estimate of drug-likeness (QED) is 0.439. The Balaban J connectivity index is 2.03. The van der Waals surface area contributed by atoms with Crippen molar-refractivity contribution in [3.8, 4) is 0 Å². The Morgan fingerprint density at radius 3 is 2.54 bits per heavy atom. The Morgan fingerprint density at radius 2 is 1.92 bits per heavy atom. The van der Waals surface area contributed by atoms with Crippen LogP contribution in [0.5, 0.6) is 0 Å². The molecule has 0 spiro atoms. The molecular weight excluding hydrogens is 320 g/mol. The van der Waals surface area contributed by atoms with Gasteiger partial charge in [-0.1, -0.05) is 48.0 Å². The minimum atomic E-state index is -0.0163. The highest BCUT2D eigenvalue weighted by atomic mass is 16.5. The van der Waals surface area contributed by atoms with E-state index in [1.807, 2.05) is 6.92 Å². The Labute approximate surface area is 162 Å². The first-order valence-electron chi connectivity index (χ1n) is 11.3. The van der Waals surface area contributed by atoms with Crippen LogP contribution in [-0.2, 0) is 9.53 Å². The molecule has 2 aliphatic rings. The van der Waals surface area contributed by atoms with Crippen molar-refractivity contribution in [1.82, 2.24) is 0 Å². The van der Waals surface area contributed by atoms with Gasteiger partial charge < -0.3 is 4.74 Å². The second-order valence-electron chi connectivity index (χ2n) is 10.4. The molecule has 2 aliphatic carbocycles. The Kier molecular flexibility index (Phi) is 7.24. The third-order valence-corrected chi connectivity index (χ3v) is 8.44. The number of hydrogen-bond donors (Lipinski definition) is 0. The van der Waals surface area contributed by atoms with E-state index in [0.717, 1.165) is 30.1 Å². The van der Waals surface area contributed by atoms with E-state index >= 15 is 0 Å². The van der Waals surface area contributed by atoms with Crippen LogP contribution in [0.1, 0.15) is 99.8 Å². The summed E-state index contributed by atoms with van der Waals surface area (Å²) >= 11 is 0. The third-order valence-electron chi connectivity index (χ3n) is 8.44. The maximum absolute atomic E-state index is 11.8. The van der Waals surface area contributed by atoms with Crippen molar-refractivity contribution < 1.29 is 9.53 Å². The molecule has 2 nitrogen and oxygen atoms in total. The van der Waals surface area contributed by atoms with Gasteiger partial charge in [-0.25, -0.2) is 0 Å². The van der Waals surface area contributed by atoms with Gasteiger partial charge in [0.25, 0.3) is 0 Å². The highest BCUT2D eigenvalue weighted by molar-refractivity contribution is 5.69. The van der Waals surface area contributed by atoms with Gasteiger partial charge in [-0.3, -0.25) is 4.79 Å². The zero-order valence-corrected chi connectivity index (χ0v) is 18.6. The van der Waals surface area contributed by atoms with Crippen molar-refractivity contribution >= 4 is 5.97 Å². The summed E-state index contributed by atoms with van der Waals surface area (Å²) in [6, 6.07) is 0. The lowest BCUT2D eigenvalue weighted by atomic mass is 9.52. The lowest BCUT2D eigenvalue weighted by Crippen LogP contribution is -2.45. The number of carbonyl (C=O) groups excluding carboxylic acids is 1. The van der Waals surface area contributed by atoms with Crippen molar-refractivity contribution in [1.29, 1.82) is 0 Å². The molecule has 0 aromatic heterocycles. The standard InChI is InChI=1S/C24H44O2/c1-8-15-23(5,6)20-14-16-24(7)19(11-12-21(24)18(20)4)17(3)10-13-22(25)26-9-2/h17-21H,8-16H2,1-7H3/t17-,18?,19-,20?,21?,24-/m1/s1. The number of ether oxygens (including phenoxy) is 1. The van der Waals surface area contributed by atoms with Gasteiger partial charge in [-0.15, -0.1) is 0 Å². The van der Waals surface area contributed by atoms with Crippen LogP contribution in [0, 0.1) is 40.4 Å². The monoisotopic (exact) mass is 364 g/mol. The molecule has 2 rings (SSSR count). The molecule has 0 aromatic carbocycles. The zero-order valence-electron chi connectivity index (χ0n) is 18.6. The van der Waals surface area contributed by atoms with Crippen molar-refractivity contribution in [2.45, 2.75) is 99.8 Å². The summed E-state index contributed by atoms with van der Waals surface area (Å²) in [5, 5.41) is 0. The van der Waals surface area contributed by atoms with Crippen molar-refractivity contribution in [2.75, 3.05) is 6.61 Å². The molecule has 3 unspecified atom stereocenters. The summed E-state index contributed by atoms with van der Waals surface area (Å²) in [4.78, 5) is 11.8. The summed E-state index contributed by atoms with van der Waals surface area (Å²) in [5.41, 5.74) is 0.954. The Bertz CT molecular complexity index is 469. The van der Waals surface area contributed by atoms with Gasteiger partial charge >= 0.3 is 5.97 Å². The summed E-state index contributed by atoms with van der Waals surface area (Å²) in [6.07, 6.45) is 9.76. The molecule has 26 heavy (non-hydrogen) atoms. The average Bonchev–Trinajstić information content (AvgIpc) is 2.91. The van der Waals surface area contributed by atoms with E-state index in [1.165, 1.54) is 38.5 Å². The summed E-state index contributed by atoms with van der Waals surface area (Å²) in [7, 11) is 0. The molecule has 0 bridgehead atoms. The van der Waals surface area contributed by atoms with E-state index in [-0.39, 0.29) is 5.97 Å². The SMILES string of the molecule is CCCC(C)(C)C1CC[C@@]2(C)C(CC[C@@H]2[C@H](C)CCC(=O)OCC)C1C. The predicted octanol–water partition coefficient (Wildman–Crippen LogP) is 6.87. The van der Waals surface area contributed by atoms with Gasteiger partial charge in [0, 0.05) is 6.42 Å². The smallest absolute Gasteiger partial charge is 0.305 e. The van der Waals surface area contributed by atoms with E-state index < -0.39 is 0 Å². The van der Waals surface area contributed by atoms with Crippen LogP contribution in [0.4, 0.5) is 0 Å². The van der Waals surface area contributed by atoms with Crippen molar-refractivity contribution in [2.24, 2.45) is 40.4 Å². The van der Waals surface area contributed by atoms with Crippen molar-refractivity contribution in [3.05, 3.63) is 0 Å². The molecule has 152 valence electrons. The molecule has 0 aliphatic heterocycles. The van der Waals surface area contributed by atoms with Gasteiger partial charge in [0.15, 0.2) is 0 Å². The first-order chi connectivity index (χ1) is 12.2. The van der Waals surface area contributed by atoms with Crippen LogP contribution in [0.3, 0.4) is 0 Å². The second kappa shape index (κ2) is 8.65. The van der Waals surface area contributed by atoms with Crippen LogP contribution in [-0.4, -0.2) is 12.6 Å². The molecule has 6 atom stereocenters. The topological polar surface area (TPSA) is 26.3 Å². The number of hydrogen-bond acceptors (Lipinski definition) is 2. The van der Waals surface area contributed by atoms with E-state index in [9.17, 15) is 4.79 Å². The second-order valence-corrected chi connectivity index (χ2v) is 10.4. The maximum atomic E-state index is 11.8. The number of rotatable bonds is 8. The lowest BCUT2D eigenvalue weighted by molar-refractivity contribution is -0.143. The fourth-order valence-corrected chi connectivity index (χ4v) is 7.18. The van der Waals surface area contributed by atoms with Crippen LogP contribution < -0.4 is 0 Å². The van der Waals surface area contributed by atoms with Crippen LogP contribution >= 0.6 is 0 Å². The van der Waals surface area contributed by atoms with E-state index in [1.54, 1.807) is 0 Å². The van der Waals surface area contributed by atoms with Gasteiger partial charge in [-0.2, -0.15) is 0 Å². The molecule has 2 fully saturated rings. The Morgan fingerprint density at radius 1 is 1.23 bits per heavy atom. The molecule has 0 heterocycles. The lowest BCUT2D eigenvalue weighted by Gasteiger charge is -2.53. The summed E-state index contributed by atoms with van der Waals surface area (Å²) in [5.74, 6) is 3.96. The minimum absolute atomic E-state index is 0.0163. The molecule has 0 radical (unpaired) electrons. The third kappa shape index (κ3) is 4.30.